The van der Waals surface area contributed by atoms with Crippen LogP contribution in [0.5, 0.6) is 0 Å². The van der Waals surface area contributed by atoms with Crippen LogP contribution in [0.2, 0.25) is 0 Å². The largest absolute Gasteiger partial charge is 0.381 e. The van der Waals surface area contributed by atoms with Crippen molar-refractivity contribution in [3.63, 3.8) is 0 Å². The van der Waals surface area contributed by atoms with Crippen LogP contribution in [0.3, 0.4) is 0 Å². The molecule has 0 aromatic rings. The SMILES string of the molecule is CCCNC(C1CCOC1)C1CCC(CC)C1. The average molecular weight is 239 g/mol. The fraction of sp³-hybridized carbons (Fsp3) is 1.00. The molecule has 2 nitrogen and oxygen atoms in total. The molecule has 2 rings (SSSR count). The minimum Gasteiger partial charge on any atom is -0.381 e. The zero-order valence-electron chi connectivity index (χ0n) is 11.6. The Morgan fingerprint density at radius 2 is 2.06 bits per heavy atom. The van der Waals surface area contributed by atoms with Crippen LogP contribution < -0.4 is 5.32 Å². The maximum Gasteiger partial charge on any atom is 0.0510 e. The lowest BCUT2D eigenvalue weighted by Crippen LogP contribution is -2.42. The van der Waals surface area contributed by atoms with Gasteiger partial charge in [0.15, 0.2) is 0 Å². The van der Waals surface area contributed by atoms with Crippen molar-refractivity contribution in [2.75, 3.05) is 19.8 Å². The van der Waals surface area contributed by atoms with E-state index in [2.05, 4.69) is 19.2 Å². The lowest BCUT2D eigenvalue weighted by molar-refractivity contribution is 0.164. The highest BCUT2D eigenvalue weighted by molar-refractivity contribution is 4.89. The van der Waals surface area contributed by atoms with Crippen molar-refractivity contribution < 1.29 is 4.74 Å². The third-order valence-corrected chi connectivity index (χ3v) is 4.77. The normalized spacial score (nSPS) is 35.3. The van der Waals surface area contributed by atoms with Crippen LogP contribution in [0.1, 0.15) is 52.4 Å². The van der Waals surface area contributed by atoms with Crippen molar-refractivity contribution in [3.8, 4) is 0 Å². The molecule has 1 aliphatic carbocycles. The van der Waals surface area contributed by atoms with Gasteiger partial charge in [-0.2, -0.15) is 0 Å². The van der Waals surface area contributed by atoms with Crippen molar-refractivity contribution in [1.29, 1.82) is 0 Å². The van der Waals surface area contributed by atoms with Gasteiger partial charge in [-0.05, 0) is 44.1 Å². The molecule has 0 amide bonds. The molecule has 0 aromatic carbocycles. The van der Waals surface area contributed by atoms with Crippen LogP contribution in [-0.2, 0) is 4.74 Å². The van der Waals surface area contributed by atoms with Crippen molar-refractivity contribution in [2.24, 2.45) is 17.8 Å². The van der Waals surface area contributed by atoms with E-state index in [9.17, 15) is 0 Å². The van der Waals surface area contributed by atoms with E-state index < -0.39 is 0 Å². The summed E-state index contributed by atoms with van der Waals surface area (Å²) in [5.74, 6) is 2.69. The Balaban J connectivity index is 1.89. The maximum atomic E-state index is 5.59. The standard InChI is InChI=1S/C15H29NO/c1-3-8-16-15(14-7-9-17-11-14)13-6-5-12(4-2)10-13/h12-16H,3-11H2,1-2H3. The molecule has 4 unspecified atom stereocenters. The van der Waals surface area contributed by atoms with Gasteiger partial charge >= 0.3 is 0 Å². The summed E-state index contributed by atoms with van der Waals surface area (Å²) in [6.45, 7) is 7.76. The van der Waals surface area contributed by atoms with E-state index in [-0.39, 0.29) is 0 Å². The van der Waals surface area contributed by atoms with E-state index >= 15 is 0 Å². The average Bonchev–Trinajstić information content (AvgIpc) is 3.00. The summed E-state index contributed by atoms with van der Waals surface area (Å²) in [4.78, 5) is 0. The van der Waals surface area contributed by atoms with Crippen molar-refractivity contribution in [3.05, 3.63) is 0 Å². The monoisotopic (exact) mass is 239 g/mol. The molecule has 0 aromatic heterocycles. The number of rotatable bonds is 6. The molecule has 1 heterocycles. The van der Waals surface area contributed by atoms with E-state index in [0.29, 0.717) is 0 Å². The second-order valence-corrected chi connectivity index (χ2v) is 5.95. The van der Waals surface area contributed by atoms with E-state index in [1.54, 1.807) is 0 Å². The van der Waals surface area contributed by atoms with Crippen molar-refractivity contribution in [1.82, 2.24) is 5.32 Å². The number of hydrogen-bond acceptors (Lipinski definition) is 2. The number of ether oxygens (including phenoxy) is 1. The maximum absolute atomic E-state index is 5.59. The van der Waals surface area contributed by atoms with Gasteiger partial charge in [-0.1, -0.05) is 26.7 Å². The Morgan fingerprint density at radius 1 is 1.18 bits per heavy atom. The van der Waals surface area contributed by atoms with Gasteiger partial charge in [-0.25, -0.2) is 0 Å². The van der Waals surface area contributed by atoms with Gasteiger partial charge in [0.25, 0.3) is 0 Å². The minimum absolute atomic E-state index is 0.731. The van der Waals surface area contributed by atoms with Gasteiger partial charge in [0, 0.05) is 18.6 Å². The molecule has 1 N–H and O–H groups in total. The fourth-order valence-corrected chi connectivity index (χ4v) is 3.68. The zero-order valence-corrected chi connectivity index (χ0v) is 11.6. The quantitative estimate of drug-likeness (QED) is 0.768. The number of hydrogen-bond donors (Lipinski definition) is 1. The molecule has 4 atom stereocenters. The first-order valence-electron chi connectivity index (χ1n) is 7.66. The highest BCUT2D eigenvalue weighted by atomic mass is 16.5. The molecule has 2 fully saturated rings. The Kier molecular flexibility index (Phi) is 5.30. The van der Waals surface area contributed by atoms with E-state index in [1.165, 1.54) is 45.1 Å². The lowest BCUT2D eigenvalue weighted by Gasteiger charge is -2.29. The van der Waals surface area contributed by atoms with Crippen LogP contribution in [0, 0.1) is 17.8 Å². The van der Waals surface area contributed by atoms with E-state index in [0.717, 1.165) is 37.0 Å². The molecule has 2 aliphatic rings. The highest BCUT2D eigenvalue weighted by Gasteiger charge is 2.35. The zero-order chi connectivity index (χ0) is 12.1. The Morgan fingerprint density at radius 3 is 2.65 bits per heavy atom. The molecule has 1 aliphatic heterocycles. The number of nitrogens with one attached hydrogen (secondary N) is 1. The summed E-state index contributed by atoms with van der Waals surface area (Å²) in [5, 5.41) is 3.82. The van der Waals surface area contributed by atoms with E-state index in [1.807, 2.05) is 0 Å². The second kappa shape index (κ2) is 6.75. The first-order valence-corrected chi connectivity index (χ1v) is 7.66. The summed E-state index contributed by atoms with van der Waals surface area (Å²) < 4.78 is 5.59. The molecule has 1 saturated heterocycles. The lowest BCUT2D eigenvalue weighted by atomic mass is 9.85. The molecule has 17 heavy (non-hydrogen) atoms. The van der Waals surface area contributed by atoms with Crippen LogP contribution in [0.4, 0.5) is 0 Å². The van der Waals surface area contributed by atoms with Crippen LogP contribution in [-0.4, -0.2) is 25.8 Å². The molecular formula is C15H29NO. The molecule has 2 heteroatoms. The predicted molar refractivity (Wildman–Crippen MR) is 72.1 cm³/mol. The summed E-state index contributed by atoms with van der Waals surface area (Å²) in [6.07, 6.45) is 8.24. The second-order valence-electron chi connectivity index (χ2n) is 5.95. The Hall–Kier alpha value is -0.0800. The van der Waals surface area contributed by atoms with Crippen molar-refractivity contribution >= 4 is 0 Å². The highest BCUT2D eigenvalue weighted by Crippen LogP contribution is 2.38. The summed E-state index contributed by atoms with van der Waals surface area (Å²) in [6, 6.07) is 0.731. The fourth-order valence-electron chi connectivity index (χ4n) is 3.68. The van der Waals surface area contributed by atoms with Gasteiger partial charge in [-0.15, -0.1) is 0 Å². The van der Waals surface area contributed by atoms with Crippen molar-refractivity contribution in [2.45, 2.75) is 58.4 Å². The molecule has 1 saturated carbocycles. The summed E-state index contributed by atoms with van der Waals surface area (Å²) >= 11 is 0. The third-order valence-electron chi connectivity index (χ3n) is 4.77. The van der Waals surface area contributed by atoms with Gasteiger partial charge in [0.05, 0.1) is 6.61 Å². The summed E-state index contributed by atoms with van der Waals surface area (Å²) in [5.41, 5.74) is 0. The topological polar surface area (TPSA) is 21.3 Å². The van der Waals surface area contributed by atoms with Crippen LogP contribution in [0.25, 0.3) is 0 Å². The molecule has 100 valence electrons. The summed E-state index contributed by atoms with van der Waals surface area (Å²) in [7, 11) is 0. The smallest absolute Gasteiger partial charge is 0.0510 e. The first-order chi connectivity index (χ1) is 8.35. The molecule has 0 bridgehead atoms. The third kappa shape index (κ3) is 3.45. The van der Waals surface area contributed by atoms with Gasteiger partial charge in [0.1, 0.15) is 0 Å². The first kappa shape index (κ1) is 13.4. The van der Waals surface area contributed by atoms with Crippen LogP contribution >= 0.6 is 0 Å². The minimum atomic E-state index is 0.731. The van der Waals surface area contributed by atoms with Gasteiger partial charge < -0.3 is 10.1 Å². The molecule has 0 radical (unpaired) electrons. The van der Waals surface area contributed by atoms with Crippen LogP contribution in [0.15, 0.2) is 0 Å². The Bertz CT molecular complexity index is 213. The van der Waals surface area contributed by atoms with E-state index in [4.69, 9.17) is 4.74 Å². The predicted octanol–water partition coefficient (Wildman–Crippen LogP) is 3.22. The van der Waals surface area contributed by atoms with Gasteiger partial charge in [0.2, 0.25) is 0 Å². The Labute approximate surface area is 107 Å². The molecular weight excluding hydrogens is 210 g/mol. The van der Waals surface area contributed by atoms with Gasteiger partial charge in [-0.3, -0.25) is 0 Å². The molecule has 0 spiro atoms.